The SMILES string of the molecule is CCOC(=O)c1coc(N2CCOCC2C(=O)OC)n1. The standard InChI is InChI=1S/C12H16N2O6/c1-3-19-10(15)8-6-20-12(13-8)14-4-5-18-7-9(14)11(16)17-2/h6,9H,3-5,7H2,1-2H3. The van der Waals surface area contributed by atoms with Crippen LogP contribution in [0.15, 0.2) is 10.7 Å². The molecule has 1 aromatic heterocycles. The van der Waals surface area contributed by atoms with E-state index in [0.29, 0.717) is 13.2 Å². The number of morpholine rings is 1. The number of rotatable bonds is 4. The number of hydrogen-bond donors (Lipinski definition) is 0. The monoisotopic (exact) mass is 284 g/mol. The molecule has 1 aromatic rings. The molecule has 110 valence electrons. The van der Waals surface area contributed by atoms with E-state index in [4.69, 9.17) is 18.6 Å². The molecule has 1 unspecified atom stereocenters. The van der Waals surface area contributed by atoms with E-state index in [0.717, 1.165) is 0 Å². The number of hydrogen-bond acceptors (Lipinski definition) is 8. The van der Waals surface area contributed by atoms with Gasteiger partial charge in [-0.1, -0.05) is 0 Å². The lowest BCUT2D eigenvalue weighted by atomic mass is 10.2. The molecule has 1 fully saturated rings. The van der Waals surface area contributed by atoms with Gasteiger partial charge in [-0.15, -0.1) is 0 Å². The summed E-state index contributed by atoms with van der Waals surface area (Å²) in [4.78, 5) is 28.9. The second kappa shape index (κ2) is 6.38. The first-order chi connectivity index (χ1) is 9.67. The van der Waals surface area contributed by atoms with Crippen molar-refractivity contribution in [1.82, 2.24) is 4.98 Å². The fourth-order valence-corrected chi connectivity index (χ4v) is 1.86. The molecule has 2 rings (SSSR count). The van der Waals surface area contributed by atoms with Gasteiger partial charge in [-0.2, -0.15) is 4.98 Å². The quantitative estimate of drug-likeness (QED) is 0.726. The summed E-state index contributed by atoms with van der Waals surface area (Å²) in [5, 5.41) is 0. The topological polar surface area (TPSA) is 91.1 Å². The number of anilines is 1. The smallest absolute Gasteiger partial charge is 0.360 e. The van der Waals surface area contributed by atoms with Gasteiger partial charge >= 0.3 is 11.9 Å². The molecule has 20 heavy (non-hydrogen) atoms. The van der Waals surface area contributed by atoms with Crippen LogP contribution in [0.2, 0.25) is 0 Å². The number of nitrogens with zero attached hydrogens (tertiary/aromatic N) is 2. The highest BCUT2D eigenvalue weighted by molar-refractivity contribution is 5.87. The Labute approximate surface area is 115 Å². The summed E-state index contributed by atoms with van der Waals surface area (Å²) in [6.07, 6.45) is 1.21. The zero-order valence-corrected chi connectivity index (χ0v) is 11.3. The summed E-state index contributed by atoms with van der Waals surface area (Å²) < 4.78 is 20.0. The lowest BCUT2D eigenvalue weighted by Gasteiger charge is -2.32. The van der Waals surface area contributed by atoms with Crippen LogP contribution < -0.4 is 4.90 Å². The normalized spacial score (nSPS) is 18.7. The molecule has 0 aromatic carbocycles. The zero-order chi connectivity index (χ0) is 14.5. The molecule has 2 heterocycles. The minimum atomic E-state index is -0.637. The Kier molecular flexibility index (Phi) is 4.57. The summed E-state index contributed by atoms with van der Waals surface area (Å²) in [7, 11) is 1.30. The van der Waals surface area contributed by atoms with Crippen molar-refractivity contribution in [3.05, 3.63) is 12.0 Å². The van der Waals surface area contributed by atoms with Crippen molar-refractivity contribution in [3.63, 3.8) is 0 Å². The molecule has 1 saturated heterocycles. The number of oxazole rings is 1. The second-order valence-corrected chi connectivity index (χ2v) is 4.04. The van der Waals surface area contributed by atoms with E-state index in [1.165, 1.54) is 13.4 Å². The highest BCUT2D eigenvalue weighted by atomic mass is 16.5. The van der Waals surface area contributed by atoms with Crippen molar-refractivity contribution in [3.8, 4) is 0 Å². The van der Waals surface area contributed by atoms with Crippen LogP contribution in [0.4, 0.5) is 6.01 Å². The summed E-state index contributed by atoms with van der Waals surface area (Å²) in [6, 6.07) is -0.464. The van der Waals surface area contributed by atoms with Gasteiger partial charge in [0.2, 0.25) is 0 Å². The van der Waals surface area contributed by atoms with Crippen LogP contribution in [0.25, 0.3) is 0 Å². The maximum absolute atomic E-state index is 11.7. The van der Waals surface area contributed by atoms with Gasteiger partial charge in [0.05, 0.1) is 26.9 Å². The largest absolute Gasteiger partial charge is 0.467 e. The van der Waals surface area contributed by atoms with E-state index in [-0.39, 0.29) is 24.9 Å². The highest BCUT2D eigenvalue weighted by Crippen LogP contribution is 2.20. The van der Waals surface area contributed by atoms with Gasteiger partial charge in [-0.25, -0.2) is 9.59 Å². The lowest BCUT2D eigenvalue weighted by Crippen LogP contribution is -2.50. The van der Waals surface area contributed by atoms with Crippen molar-refractivity contribution < 1.29 is 28.2 Å². The van der Waals surface area contributed by atoms with Crippen molar-refractivity contribution in [2.75, 3.05) is 38.4 Å². The first kappa shape index (κ1) is 14.3. The third-order valence-electron chi connectivity index (χ3n) is 2.82. The van der Waals surface area contributed by atoms with E-state index < -0.39 is 18.0 Å². The summed E-state index contributed by atoms with van der Waals surface area (Å²) in [5.41, 5.74) is 0.0666. The van der Waals surface area contributed by atoms with E-state index in [9.17, 15) is 9.59 Å². The third-order valence-corrected chi connectivity index (χ3v) is 2.82. The van der Waals surface area contributed by atoms with Gasteiger partial charge in [0.25, 0.3) is 6.01 Å². The molecule has 1 atom stereocenters. The number of aromatic nitrogens is 1. The highest BCUT2D eigenvalue weighted by Gasteiger charge is 2.33. The van der Waals surface area contributed by atoms with Crippen molar-refractivity contribution >= 4 is 18.0 Å². The number of carbonyl (C=O) groups excluding carboxylic acids is 2. The molecular weight excluding hydrogens is 268 g/mol. The molecule has 0 saturated carbocycles. The van der Waals surface area contributed by atoms with E-state index in [2.05, 4.69) is 4.98 Å². The summed E-state index contributed by atoms with van der Waals surface area (Å²) in [5.74, 6) is -1.01. The number of ether oxygens (including phenoxy) is 3. The lowest BCUT2D eigenvalue weighted by molar-refractivity contribution is -0.144. The number of carbonyl (C=O) groups is 2. The Morgan fingerprint density at radius 1 is 1.55 bits per heavy atom. The molecule has 8 nitrogen and oxygen atoms in total. The molecule has 1 aliphatic rings. The van der Waals surface area contributed by atoms with Gasteiger partial charge in [0.15, 0.2) is 11.7 Å². The third kappa shape index (κ3) is 2.90. The first-order valence-electron chi connectivity index (χ1n) is 6.22. The van der Waals surface area contributed by atoms with Gasteiger partial charge in [-0.3, -0.25) is 0 Å². The number of methoxy groups -OCH3 is 1. The Morgan fingerprint density at radius 2 is 2.35 bits per heavy atom. The van der Waals surface area contributed by atoms with Crippen LogP contribution in [0, 0.1) is 0 Å². The predicted molar refractivity (Wildman–Crippen MR) is 66.4 cm³/mol. The van der Waals surface area contributed by atoms with Crippen molar-refractivity contribution in [2.45, 2.75) is 13.0 Å². The van der Waals surface area contributed by atoms with Gasteiger partial charge in [-0.05, 0) is 6.92 Å². The molecule has 0 radical (unpaired) electrons. The summed E-state index contributed by atoms with van der Waals surface area (Å²) in [6.45, 7) is 2.99. The maximum Gasteiger partial charge on any atom is 0.360 e. The molecule has 0 bridgehead atoms. The molecular formula is C12H16N2O6. The average molecular weight is 284 g/mol. The molecule has 0 N–H and O–H groups in total. The van der Waals surface area contributed by atoms with Crippen LogP contribution in [-0.4, -0.2) is 56.4 Å². The van der Waals surface area contributed by atoms with Crippen LogP contribution >= 0.6 is 0 Å². The minimum absolute atomic E-state index is 0.0666. The Hall–Kier alpha value is -2.09. The molecule has 0 aliphatic carbocycles. The Balaban J connectivity index is 2.16. The van der Waals surface area contributed by atoms with Crippen LogP contribution in [-0.2, 0) is 19.0 Å². The average Bonchev–Trinajstić information content (AvgIpc) is 2.96. The van der Waals surface area contributed by atoms with Crippen molar-refractivity contribution in [1.29, 1.82) is 0 Å². The second-order valence-electron chi connectivity index (χ2n) is 4.04. The molecule has 0 spiro atoms. The van der Waals surface area contributed by atoms with Gasteiger partial charge in [0, 0.05) is 6.54 Å². The molecule has 1 aliphatic heterocycles. The van der Waals surface area contributed by atoms with Crippen LogP contribution in [0.5, 0.6) is 0 Å². The Bertz CT molecular complexity index is 486. The van der Waals surface area contributed by atoms with E-state index in [1.807, 2.05) is 0 Å². The zero-order valence-electron chi connectivity index (χ0n) is 11.3. The van der Waals surface area contributed by atoms with Crippen molar-refractivity contribution in [2.24, 2.45) is 0 Å². The van der Waals surface area contributed by atoms with Crippen LogP contribution in [0.1, 0.15) is 17.4 Å². The van der Waals surface area contributed by atoms with E-state index >= 15 is 0 Å². The number of esters is 2. The van der Waals surface area contributed by atoms with Crippen LogP contribution in [0.3, 0.4) is 0 Å². The first-order valence-corrected chi connectivity index (χ1v) is 6.22. The summed E-state index contributed by atoms with van der Waals surface area (Å²) >= 11 is 0. The predicted octanol–water partition coefficient (Wildman–Crippen LogP) is 0.229. The fraction of sp³-hybridized carbons (Fsp3) is 0.583. The maximum atomic E-state index is 11.7. The fourth-order valence-electron chi connectivity index (χ4n) is 1.86. The molecule has 8 heteroatoms. The van der Waals surface area contributed by atoms with Gasteiger partial charge < -0.3 is 23.5 Å². The van der Waals surface area contributed by atoms with E-state index in [1.54, 1.807) is 11.8 Å². The molecule has 0 amide bonds. The van der Waals surface area contributed by atoms with Gasteiger partial charge in [0.1, 0.15) is 6.26 Å². The Morgan fingerprint density at radius 3 is 3.05 bits per heavy atom. The minimum Gasteiger partial charge on any atom is -0.467 e.